The molecular weight excluding hydrogens is 184 g/mol. The monoisotopic (exact) mass is 196 g/mol. The molecule has 2 heteroatoms. The first-order chi connectivity index (χ1) is 5.91. The van der Waals surface area contributed by atoms with Gasteiger partial charge in [0.2, 0.25) is 0 Å². The topological polar surface area (TPSA) is 17.1 Å². The van der Waals surface area contributed by atoms with Crippen LogP contribution in [0.4, 0.5) is 0 Å². The van der Waals surface area contributed by atoms with Crippen molar-refractivity contribution in [3.05, 3.63) is 34.9 Å². The first-order valence-corrected chi connectivity index (χ1v) is 4.59. The van der Waals surface area contributed by atoms with Gasteiger partial charge in [0.15, 0.2) is 5.78 Å². The van der Waals surface area contributed by atoms with Crippen LogP contribution in [0.5, 0.6) is 0 Å². The molecule has 0 bridgehead atoms. The molecule has 0 atom stereocenters. The molecule has 0 fully saturated rings. The Morgan fingerprint density at radius 3 is 2.00 bits per heavy atom. The molecule has 1 nitrogen and oxygen atoms in total. The second-order valence-electron chi connectivity index (χ2n) is 4.09. The van der Waals surface area contributed by atoms with Crippen molar-refractivity contribution >= 4 is 17.4 Å². The Morgan fingerprint density at radius 2 is 1.62 bits per heavy atom. The molecule has 0 saturated heterocycles. The summed E-state index contributed by atoms with van der Waals surface area (Å²) in [4.78, 5) is 11.7. The van der Waals surface area contributed by atoms with Crippen LogP contribution in [0, 0.1) is 5.41 Å². The molecule has 0 N–H and O–H groups in total. The fraction of sp³-hybridized carbons (Fsp3) is 0.364. The minimum atomic E-state index is -0.326. The van der Waals surface area contributed by atoms with Gasteiger partial charge in [-0.2, -0.15) is 0 Å². The Hall–Kier alpha value is -0.820. The minimum Gasteiger partial charge on any atom is -0.294 e. The summed E-state index contributed by atoms with van der Waals surface area (Å²) in [6.45, 7) is 5.72. The van der Waals surface area contributed by atoms with Crippen LogP contribution in [0.3, 0.4) is 0 Å². The smallest absolute Gasteiger partial charge is 0.168 e. The van der Waals surface area contributed by atoms with Crippen molar-refractivity contribution < 1.29 is 4.79 Å². The highest BCUT2D eigenvalue weighted by molar-refractivity contribution is 6.30. The summed E-state index contributed by atoms with van der Waals surface area (Å²) < 4.78 is 0. The summed E-state index contributed by atoms with van der Waals surface area (Å²) in [7, 11) is 0. The van der Waals surface area contributed by atoms with Gasteiger partial charge in [0.05, 0.1) is 0 Å². The van der Waals surface area contributed by atoms with Gasteiger partial charge in [0, 0.05) is 16.0 Å². The molecule has 0 spiro atoms. The van der Waals surface area contributed by atoms with Crippen LogP contribution in [0.2, 0.25) is 5.02 Å². The molecule has 70 valence electrons. The summed E-state index contributed by atoms with van der Waals surface area (Å²) in [6.07, 6.45) is 0. The fourth-order valence-corrected chi connectivity index (χ4v) is 1.16. The number of rotatable bonds is 1. The van der Waals surface area contributed by atoms with E-state index < -0.39 is 0 Å². The summed E-state index contributed by atoms with van der Waals surface area (Å²) in [6, 6.07) is 6.99. The lowest BCUT2D eigenvalue weighted by Gasteiger charge is -2.16. The van der Waals surface area contributed by atoms with Gasteiger partial charge in [-0.15, -0.1) is 0 Å². The predicted molar refractivity (Wildman–Crippen MR) is 55.2 cm³/mol. The molecule has 13 heavy (non-hydrogen) atoms. The first-order valence-electron chi connectivity index (χ1n) is 4.21. The molecule has 0 radical (unpaired) electrons. The predicted octanol–water partition coefficient (Wildman–Crippen LogP) is 3.57. The lowest BCUT2D eigenvalue weighted by atomic mass is 9.87. The number of halogens is 1. The third kappa shape index (κ3) is 2.56. The van der Waals surface area contributed by atoms with Crippen LogP contribution in [0.15, 0.2) is 24.3 Å². The highest BCUT2D eigenvalue weighted by Gasteiger charge is 2.22. The Kier molecular flexibility index (Phi) is 2.77. The second-order valence-corrected chi connectivity index (χ2v) is 4.52. The van der Waals surface area contributed by atoms with Gasteiger partial charge in [-0.25, -0.2) is 0 Å². The number of Topliss-reactive ketones (excluding diaryl/α,β-unsaturated/α-hetero) is 1. The Bertz CT molecular complexity index is 306. The number of ketones is 1. The van der Waals surface area contributed by atoms with Gasteiger partial charge in [0.25, 0.3) is 0 Å². The zero-order valence-electron chi connectivity index (χ0n) is 8.10. The van der Waals surface area contributed by atoms with E-state index in [1.54, 1.807) is 24.3 Å². The van der Waals surface area contributed by atoms with Gasteiger partial charge in [-0.05, 0) is 24.3 Å². The molecule has 0 heterocycles. The molecule has 0 aliphatic heterocycles. The van der Waals surface area contributed by atoms with E-state index in [1.165, 1.54) is 0 Å². The average molecular weight is 197 g/mol. The maximum absolute atomic E-state index is 11.7. The summed E-state index contributed by atoms with van der Waals surface area (Å²) in [5, 5.41) is 0.658. The van der Waals surface area contributed by atoms with E-state index in [4.69, 9.17) is 11.6 Å². The Morgan fingerprint density at radius 1 is 1.15 bits per heavy atom. The van der Waals surface area contributed by atoms with Gasteiger partial charge in [-0.1, -0.05) is 32.4 Å². The van der Waals surface area contributed by atoms with E-state index in [9.17, 15) is 4.79 Å². The Labute approximate surface area is 83.7 Å². The fourth-order valence-electron chi connectivity index (χ4n) is 1.03. The maximum Gasteiger partial charge on any atom is 0.168 e. The van der Waals surface area contributed by atoms with E-state index in [0.717, 1.165) is 5.56 Å². The molecule has 0 aromatic heterocycles. The zero-order chi connectivity index (χ0) is 10.1. The highest BCUT2D eigenvalue weighted by atomic mass is 35.5. The van der Waals surface area contributed by atoms with E-state index >= 15 is 0 Å². The number of hydrogen-bond donors (Lipinski definition) is 0. The zero-order valence-corrected chi connectivity index (χ0v) is 8.85. The lowest BCUT2D eigenvalue weighted by Crippen LogP contribution is -2.19. The quantitative estimate of drug-likeness (QED) is 0.628. The van der Waals surface area contributed by atoms with E-state index in [2.05, 4.69) is 0 Å². The van der Waals surface area contributed by atoms with Crippen LogP contribution < -0.4 is 0 Å². The molecule has 1 aromatic rings. The first kappa shape index (κ1) is 10.3. The van der Waals surface area contributed by atoms with Crippen molar-refractivity contribution in [1.82, 2.24) is 0 Å². The standard InChI is InChI=1S/C11H13ClO/c1-11(2,3)10(13)8-4-6-9(12)7-5-8/h4-7H,1-3H3. The normalized spacial score (nSPS) is 11.4. The lowest BCUT2D eigenvalue weighted by molar-refractivity contribution is 0.0858. The van der Waals surface area contributed by atoms with Crippen LogP contribution in [-0.4, -0.2) is 5.78 Å². The van der Waals surface area contributed by atoms with E-state index in [0.29, 0.717) is 5.02 Å². The largest absolute Gasteiger partial charge is 0.294 e. The van der Waals surface area contributed by atoms with Crippen LogP contribution in [0.25, 0.3) is 0 Å². The van der Waals surface area contributed by atoms with Gasteiger partial charge in [0.1, 0.15) is 0 Å². The van der Waals surface area contributed by atoms with Gasteiger partial charge >= 0.3 is 0 Å². The minimum absolute atomic E-state index is 0.143. The number of benzene rings is 1. The summed E-state index contributed by atoms with van der Waals surface area (Å²) in [5.74, 6) is 0.143. The second kappa shape index (κ2) is 3.51. The number of carbonyl (C=O) groups is 1. The number of carbonyl (C=O) groups excluding carboxylic acids is 1. The molecule has 0 unspecified atom stereocenters. The van der Waals surface area contributed by atoms with Crippen molar-refractivity contribution in [3.8, 4) is 0 Å². The number of hydrogen-bond acceptors (Lipinski definition) is 1. The van der Waals surface area contributed by atoms with E-state index in [-0.39, 0.29) is 11.2 Å². The van der Waals surface area contributed by atoms with Crippen LogP contribution in [0.1, 0.15) is 31.1 Å². The van der Waals surface area contributed by atoms with E-state index in [1.807, 2.05) is 20.8 Å². The van der Waals surface area contributed by atoms with Crippen molar-refractivity contribution in [2.75, 3.05) is 0 Å². The third-order valence-electron chi connectivity index (χ3n) is 1.79. The molecule has 1 aromatic carbocycles. The molecule has 0 aliphatic carbocycles. The van der Waals surface area contributed by atoms with Crippen LogP contribution >= 0.6 is 11.6 Å². The third-order valence-corrected chi connectivity index (χ3v) is 2.04. The maximum atomic E-state index is 11.7. The molecule has 1 rings (SSSR count). The van der Waals surface area contributed by atoms with Crippen molar-refractivity contribution in [2.24, 2.45) is 5.41 Å². The molecular formula is C11H13ClO. The molecule has 0 saturated carbocycles. The Balaban J connectivity index is 2.97. The van der Waals surface area contributed by atoms with Crippen molar-refractivity contribution in [3.63, 3.8) is 0 Å². The summed E-state index contributed by atoms with van der Waals surface area (Å²) in [5.41, 5.74) is 0.394. The van der Waals surface area contributed by atoms with Crippen LogP contribution in [-0.2, 0) is 0 Å². The summed E-state index contributed by atoms with van der Waals surface area (Å²) >= 11 is 5.72. The highest BCUT2D eigenvalue weighted by Crippen LogP contribution is 2.21. The van der Waals surface area contributed by atoms with Crippen molar-refractivity contribution in [2.45, 2.75) is 20.8 Å². The molecule has 0 aliphatic rings. The van der Waals surface area contributed by atoms with Gasteiger partial charge < -0.3 is 0 Å². The SMILES string of the molecule is CC(C)(C)C(=O)c1ccc(Cl)cc1. The molecule has 0 amide bonds. The average Bonchev–Trinajstić information content (AvgIpc) is 2.03. The van der Waals surface area contributed by atoms with Gasteiger partial charge in [-0.3, -0.25) is 4.79 Å². The van der Waals surface area contributed by atoms with Crippen molar-refractivity contribution in [1.29, 1.82) is 0 Å².